The Hall–Kier alpha value is -4.36. The van der Waals surface area contributed by atoms with E-state index in [1.54, 1.807) is 10.6 Å². The summed E-state index contributed by atoms with van der Waals surface area (Å²) < 4.78 is 3.76. The maximum atomic E-state index is 12.8. The number of benzene rings is 3. The topological polar surface area (TPSA) is 39.8 Å². The highest BCUT2D eigenvalue weighted by Crippen LogP contribution is 2.36. The first-order chi connectivity index (χ1) is 16.5. The summed E-state index contributed by atoms with van der Waals surface area (Å²) in [5.41, 5.74) is 8.07. The number of hydrogen-bond acceptors (Lipinski definition) is 2. The highest BCUT2D eigenvalue weighted by Gasteiger charge is 2.21. The van der Waals surface area contributed by atoms with Gasteiger partial charge in [-0.2, -0.15) is 0 Å². The number of rotatable bonds is 4. The van der Waals surface area contributed by atoms with Crippen molar-refractivity contribution < 1.29 is 0 Å². The highest BCUT2D eigenvalue weighted by molar-refractivity contribution is 5.95. The van der Waals surface area contributed by atoms with E-state index in [4.69, 9.17) is 6.42 Å². The summed E-state index contributed by atoms with van der Waals surface area (Å²) in [5, 5.41) is 1.01. The van der Waals surface area contributed by atoms with Gasteiger partial charge in [-0.25, -0.2) is 4.98 Å². The molecule has 2 aromatic heterocycles. The van der Waals surface area contributed by atoms with Gasteiger partial charge in [0.1, 0.15) is 0 Å². The summed E-state index contributed by atoms with van der Waals surface area (Å²) in [6.45, 7) is 2.09. The van der Waals surface area contributed by atoms with E-state index in [1.807, 2.05) is 57.0 Å². The Balaban J connectivity index is 1.79. The summed E-state index contributed by atoms with van der Waals surface area (Å²) in [4.78, 5) is 17.2. The smallest absolute Gasteiger partial charge is 0.251 e. The van der Waals surface area contributed by atoms with Gasteiger partial charge in [0.05, 0.1) is 17.8 Å². The van der Waals surface area contributed by atoms with E-state index in [0.29, 0.717) is 0 Å². The van der Waals surface area contributed by atoms with Crippen molar-refractivity contribution in [2.24, 2.45) is 14.1 Å². The second-order valence-electron chi connectivity index (χ2n) is 8.73. The largest absolute Gasteiger partial charge is 0.337 e. The van der Waals surface area contributed by atoms with Gasteiger partial charge < -0.3 is 9.13 Å². The molecule has 0 bridgehead atoms. The van der Waals surface area contributed by atoms with Crippen LogP contribution in [0.25, 0.3) is 22.0 Å². The minimum atomic E-state index is -0.0527. The summed E-state index contributed by atoms with van der Waals surface area (Å²) in [5.74, 6) is 2.70. The van der Waals surface area contributed by atoms with Crippen LogP contribution in [0.5, 0.6) is 0 Å². The van der Waals surface area contributed by atoms with E-state index in [9.17, 15) is 4.79 Å². The van der Waals surface area contributed by atoms with Crippen LogP contribution in [0.2, 0.25) is 0 Å². The first-order valence-electron chi connectivity index (χ1n) is 11.2. The van der Waals surface area contributed by atoms with Gasteiger partial charge in [-0.1, -0.05) is 53.9 Å². The minimum absolute atomic E-state index is 0.000345. The number of hydrogen-bond donors (Lipinski definition) is 0. The lowest BCUT2D eigenvalue weighted by atomic mass is 9.86. The van der Waals surface area contributed by atoms with Gasteiger partial charge in [0, 0.05) is 43.0 Å². The quantitative estimate of drug-likeness (QED) is 0.349. The summed E-state index contributed by atoms with van der Waals surface area (Å²) in [7, 11) is 3.83. The fraction of sp³-hybridized carbons (Fsp3) is 0.133. The van der Waals surface area contributed by atoms with Crippen molar-refractivity contribution in [1.82, 2.24) is 14.1 Å². The van der Waals surface area contributed by atoms with Crippen LogP contribution in [0.4, 0.5) is 0 Å². The van der Waals surface area contributed by atoms with Crippen LogP contribution in [0, 0.1) is 19.3 Å². The van der Waals surface area contributed by atoms with Gasteiger partial charge in [0.25, 0.3) is 5.56 Å². The Morgan fingerprint density at radius 3 is 2.41 bits per heavy atom. The summed E-state index contributed by atoms with van der Waals surface area (Å²) in [6.07, 6.45) is 9.40. The molecule has 34 heavy (non-hydrogen) atoms. The molecule has 4 nitrogen and oxygen atoms in total. The third-order valence-corrected chi connectivity index (χ3v) is 6.50. The monoisotopic (exact) mass is 443 g/mol. The van der Waals surface area contributed by atoms with E-state index in [2.05, 4.69) is 58.8 Å². The fourth-order valence-corrected chi connectivity index (χ4v) is 4.61. The summed E-state index contributed by atoms with van der Waals surface area (Å²) in [6, 6.07) is 24.5. The zero-order valence-electron chi connectivity index (χ0n) is 19.5. The van der Waals surface area contributed by atoms with Crippen LogP contribution >= 0.6 is 0 Å². The first-order valence-corrected chi connectivity index (χ1v) is 11.2. The molecule has 2 heterocycles. The van der Waals surface area contributed by atoms with Gasteiger partial charge in [-0.05, 0) is 53.4 Å². The number of imidazole rings is 1. The average molecular weight is 444 g/mol. The van der Waals surface area contributed by atoms with Gasteiger partial charge in [-0.3, -0.25) is 4.79 Å². The number of pyridine rings is 1. The molecule has 0 aliphatic rings. The third kappa shape index (κ3) is 3.72. The number of terminal acetylenes is 1. The molecule has 4 heteroatoms. The Labute approximate surface area is 199 Å². The van der Waals surface area contributed by atoms with Crippen molar-refractivity contribution in [2.45, 2.75) is 12.8 Å². The molecule has 0 saturated heterocycles. The molecule has 1 atom stereocenters. The lowest BCUT2D eigenvalue weighted by molar-refractivity contribution is 0.793. The number of aryl methyl sites for hydroxylation is 3. The number of fused-ring (bicyclic) bond motifs is 1. The van der Waals surface area contributed by atoms with Crippen molar-refractivity contribution in [3.8, 4) is 23.5 Å². The van der Waals surface area contributed by atoms with Crippen LogP contribution < -0.4 is 5.56 Å². The maximum Gasteiger partial charge on any atom is 0.251 e. The zero-order valence-corrected chi connectivity index (χ0v) is 19.5. The van der Waals surface area contributed by atoms with Crippen molar-refractivity contribution in [3.63, 3.8) is 0 Å². The average Bonchev–Trinajstić information content (AvgIpc) is 3.28. The Morgan fingerprint density at radius 1 is 0.941 bits per heavy atom. The second kappa shape index (κ2) is 8.53. The molecule has 0 radical (unpaired) electrons. The van der Waals surface area contributed by atoms with Crippen LogP contribution in [0.15, 0.2) is 90.1 Å². The number of aromatic nitrogens is 3. The van der Waals surface area contributed by atoms with Crippen molar-refractivity contribution in [3.05, 3.63) is 124 Å². The molecule has 0 fully saturated rings. The van der Waals surface area contributed by atoms with Gasteiger partial charge >= 0.3 is 0 Å². The predicted molar refractivity (Wildman–Crippen MR) is 138 cm³/mol. The molecule has 5 aromatic rings. The lowest BCUT2D eigenvalue weighted by Crippen LogP contribution is -2.16. The van der Waals surface area contributed by atoms with E-state index < -0.39 is 0 Å². The molecule has 0 aliphatic carbocycles. The minimum Gasteiger partial charge on any atom is -0.337 e. The molecule has 5 rings (SSSR count). The first kappa shape index (κ1) is 21.5. The maximum absolute atomic E-state index is 12.8. The van der Waals surface area contributed by atoms with E-state index >= 15 is 0 Å². The standard InChI is InChI=1S/C30H25N3O/c1-5-21-7-6-8-23(15-21)25-17-29(34)33(4)27-14-13-24(16-26(25)27)30(28-18-31-19-32(28)3)22-11-9-20(2)10-12-22/h1,6-19,30H,2-4H3. The van der Waals surface area contributed by atoms with E-state index in [1.165, 1.54) is 11.1 Å². The Bertz CT molecular complexity index is 1610. The van der Waals surface area contributed by atoms with Gasteiger partial charge in [-0.15, -0.1) is 6.42 Å². The molecule has 0 amide bonds. The Kier molecular flexibility index (Phi) is 5.39. The van der Waals surface area contributed by atoms with Crippen LogP contribution in [0.1, 0.15) is 33.9 Å². The Morgan fingerprint density at radius 2 is 1.71 bits per heavy atom. The van der Waals surface area contributed by atoms with Crippen LogP contribution in [-0.4, -0.2) is 14.1 Å². The molecule has 0 aliphatic heterocycles. The fourth-order valence-electron chi connectivity index (χ4n) is 4.61. The predicted octanol–water partition coefficient (Wildman–Crippen LogP) is 5.41. The molecule has 0 N–H and O–H groups in total. The normalized spacial score (nSPS) is 11.9. The molecule has 0 spiro atoms. The van der Waals surface area contributed by atoms with E-state index in [0.717, 1.165) is 38.9 Å². The van der Waals surface area contributed by atoms with Crippen LogP contribution in [0.3, 0.4) is 0 Å². The van der Waals surface area contributed by atoms with E-state index in [-0.39, 0.29) is 11.5 Å². The summed E-state index contributed by atoms with van der Waals surface area (Å²) >= 11 is 0. The van der Waals surface area contributed by atoms with Crippen molar-refractivity contribution in [1.29, 1.82) is 0 Å². The highest BCUT2D eigenvalue weighted by atomic mass is 16.1. The molecule has 3 aromatic carbocycles. The number of nitrogens with zero attached hydrogens (tertiary/aromatic N) is 3. The van der Waals surface area contributed by atoms with Crippen molar-refractivity contribution in [2.75, 3.05) is 0 Å². The van der Waals surface area contributed by atoms with Crippen LogP contribution in [-0.2, 0) is 14.1 Å². The molecule has 166 valence electrons. The van der Waals surface area contributed by atoms with Gasteiger partial charge in [0.15, 0.2) is 0 Å². The molecular weight excluding hydrogens is 418 g/mol. The van der Waals surface area contributed by atoms with Gasteiger partial charge in [0.2, 0.25) is 0 Å². The second-order valence-corrected chi connectivity index (χ2v) is 8.73. The zero-order chi connectivity index (χ0) is 23.8. The molecular formula is C30H25N3O. The third-order valence-electron chi connectivity index (χ3n) is 6.50. The SMILES string of the molecule is C#Cc1cccc(-c2cc(=O)n(C)c3ccc(C(c4ccc(C)cc4)c4cncn4C)cc23)c1. The molecule has 1 unspecified atom stereocenters. The lowest BCUT2D eigenvalue weighted by Gasteiger charge is -2.21. The molecule has 0 saturated carbocycles. The van der Waals surface area contributed by atoms with Crippen molar-refractivity contribution >= 4 is 10.9 Å².